The summed E-state index contributed by atoms with van der Waals surface area (Å²) in [5.41, 5.74) is 0.644. The Labute approximate surface area is 142 Å². The average molecular weight is 346 g/mol. The first kappa shape index (κ1) is 17.0. The van der Waals surface area contributed by atoms with E-state index in [0.29, 0.717) is 36.1 Å². The van der Waals surface area contributed by atoms with E-state index in [0.717, 1.165) is 6.07 Å². The summed E-state index contributed by atoms with van der Waals surface area (Å²) < 4.78 is 26.2. The van der Waals surface area contributed by atoms with E-state index in [1.807, 2.05) is 0 Å². The molecule has 0 atom stereocenters. The molecule has 0 radical (unpaired) electrons. The molecular formula is C18H16F2N2O3. The molecule has 1 amide bonds. The van der Waals surface area contributed by atoms with Crippen molar-refractivity contribution in [2.45, 2.75) is 25.7 Å². The Morgan fingerprint density at radius 3 is 2.52 bits per heavy atom. The zero-order valence-corrected chi connectivity index (χ0v) is 13.3. The van der Waals surface area contributed by atoms with Gasteiger partial charge >= 0.3 is 0 Å². The van der Waals surface area contributed by atoms with Crippen molar-refractivity contribution in [2.75, 3.05) is 6.54 Å². The number of aryl methyl sites for hydroxylation is 1. The fourth-order valence-electron chi connectivity index (χ4n) is 2.91. The fraction of sp³-hybridized carbons (Fsp3) is 0.278. The molecule has 0 saturated carbocycles. The van der Waals surface area contributed by atoms with Crippen LogP contribution in [0.25, 0.3) is 0 Å². The molecule has 1 aliphatic rings. The molecule has 1 aromatic heterocycles. The van der Waals surface area contributed by atoms with Crippen molar-refractivity contribution < 1.29 is 18.4 Å². The number of pyridine rings is 1. The number of benzene rings is 1. The number of fused-ring (bicyclic) bond motifs is 1. The molecule has 2 N–H and O–H groups in total. The maximum absolute atomic E-state index is 13.1. The third-order valence-electron chi connectivity index (χ3n) is 4.12. The molecule has 2 aromatic rings. The van der Waals surface area contributed by atoms with E-state index in [1.165, 1.54) is 18.2 Å². The number of hydrogen-bond acceptors (Lipinski definition) is 3. The van der Waals surface area contributed by atoms with Gasteiger partial charge in [-0.3, -0.25) is 14.4 Å². The number of carbonyl (C=O) groups excluding carboxylic acids is 2. The number of Topliss-reactive ketones (excluding diaryl/α,β-unsaturated/α-hetero) is 1. The lowest BCUT2D eigenvalue weighted by molar-refractivity contribution is 0.0952. The Hall–Kier alpha value is -2.83. The van der Waals surface area contributed by atoms with E-state index in [-0.39, 0.29) is 24.3 Å². The van der Waals surface area contributed by atoms with E-state index in [2.05, 4.69) is 10.3 Å². The van der Waals surface area contributed by atoms with Gasteiger partial charge in [-0.15, -0.1) is 0 Å². The molecule has 25 heavy (non-hydrogen) atoms. The first-order valence-corrected chi connectivity index (χ1v) is 7.96. The highest BCUT2D eigenvalue weighted by atomic mass is 19.1. The second kappa shape index (κ2) is 6.96. The fourth-order valence-corrected chi connectivity index (χ4v) is 2.91. The quantitative estimate of drug-likeness (QED) is 0.890. The van der Waals surface area contributed by atoms with Crippen molar-refractivity contribution in [3.63, 3.8) is 0 Å². The molecule has 0 bridgehead atoms. The Morgan fingerprint density at radius 2 is 1.80 bits per heavy atom. The van der Waals surface area contributed by atoms with Crippen molar-refractivity contribution >= 4 is 11.7 Å². The van der Waals surface area contributed by atoms with Crippen LogP contribution in [-0.2, 0) is 12.8 Å². The van der Waals surface area contributed by atoms with Gasteiger partial charge in [0.15, 0.2) is 5.78 Å². The lowest BCUT2D eigenvalue weighted by Gasteiger charge is -2.15. The number of amides is 1. The second-order valence-electron chi connectivity index (χ2n) is 5.96. The van der Waals surface area contributed by atoms with Gasteiger partial charge in [-0.2, -0.15) is 0 Å². The number of aromatic nitrogens is 1. The topological polar surface area (TPSA) is 79.0 Å². The molecule has 0 aliphatic heterocycles. The van der Waals surface area contributed by atoms with Crippen LogP contribution >= 0.6 is 0 Å². The van der Waals surface area contributed by atoms with Crippen molar-refractivity contribution in [1.29, 1.82) is 0 Å². The van der Waals surface area contributed by atoms with Gasteiger partial charge in [-0.1, -0.05) is 0 Å². The van der Waals surface area contributed by atoms with Crippen LogP contribution in [0.15, 0.2) is 29.1 Å². The first-order valence-electron chi connectivity index (χ1n) is 7.96. The number of aromatic amines is 1. The molecule has 3 rings (SSSR count). The first-order chi connectivity index (χ1) is 11.9. The molecule has 7 heteroatoms. The zero-order chi connectivity index (χ0) is 18.0. The standard InChI is InChI=1S/C18H16F2N2O3/c19-11-6-10(7-12(20)8-11)4-5-21-17(24)14-9-13-15(22-18(14)25)2-1-3-16(13)23/h6-9H,1-5H2,(H,21,24)(H,22,25). The van der Waals surface area contributed by atoms with E-state index in [9.17, 15) is 23.2 Å². The Kier molecular flexibility index (Phi) is 4.74. The number of halogens is 2. The Bertz CT molecular complexity index is 885. The SMILES string of the molecule is O=C1CCCc2[nH]c(=O)c(C(=O)NCCc3cc(F)cc(F)c3)cc21. The van der Waals surface area contributed by atoms with Crippen molar-refractivity contribution in [3.05, 3.63) is 68.6 Å². The number of ketones is 1. The van der Waals surface area contributed by atoms with Gasteiger partial charge in [0, 0.05) is 30.3 Å². The summed E-state index contributed by atoms with van der Waals surface area (Å²) in [6.45, 7) is 0.103. The van der Waals surface area contributed by atoms with Crippen LogP contribution in [0.3, 0.4) is 0 Å². The summed E-state index contributed by atoms with van der Waals surface area (Å²) in [5.74, 6) is -2.10. The van der Waals surface area contributed by atoms with Gasteiger partial charge in [-0.05, 0) is 43.0 Å². The van der Waals surface area contributed by atoms with Crippen LogP contribution in [0.5, 0.6) is 0 Å². The van der Waals surface area contributed by atoms with Gasteiger partial charge in [-0.25, -0.2) is 8.78 Å². The number of hydrogen-bond donors (Lipinski definition) is 2. The minimum atomic E-state index is -0.689. The minimum Gasteiger partial charge on any atom is -0.352 e. The summed E-state index contributed by atoms with van der Waals surface area (Å²) in [7, 11) is 0. The predicted octanol–water partition coefficient (Wildman–Crippen LogP) is 2.14. The lowest BCUT2D eigenvalue weighted by Crippen LogP contribution is -2.32. The number of nitrogens with one attached hydrogen (secondary N) is 2. The molecule has 1 aliphatic carbocycles. The van der Waals surface area contributed by atoms with Crippen LogP contribution in [0.2, 0.25) is 0 Å². The number of H-pyrrole nitrogens is 1. The Balaban J connectivity index is 1.70. The van der Waals surface area contributed by atoms with Crippen molar-refractivity contribution in [2.24, 2.45) is 0 Å². The third-order valence-corrected chi connectivity index (χ3v) is 4.12. The van der Waals surface area contributed by atoms with Crippen LogP contribution in [0.1, 0.15) is 44.8 Å². The Morgan fingerprint density at radius 1 is 1.08 bits per heavy atom. The van der Waals surface area contributed by atoms with Gasteiger partial charge in [0.2, 0.25) is 0 Å². The smallest absolute Gasteiger partial charge is 0.261 e. The normalized spacial score (nSPS) is 13.4. The molecular weight excluding hydrogens is 330 g/mol. The van der Waals surface area contributed by atoms with Gasteiger partial charge < -0.3 is 10.3 Å². The summed E-state index contributed by atoms with van der Waals surface area (Å²) in [4.78, 5) is 38.7. The monoisotopic (exact) mass is 346 g/mol. The van der Waals surface area contributed by atoms with E-state index in [1.54, 1.807) is 0 Å². The van der Waals surface area contributed by atoms with Crippen LogP contribution in [-0.4, -0.2) is 23.2 Å². The maximum atomic E-state index is 13.1. The molecule has 0 spiro atoms. The van der Waals surface area contributed by atoms with Crippen LogP contribution < -0.4 is 10.9 Å². The largest absolute Gasteiger partial charge is 0.352 e. The van der Waals surface area contributed by atoms with Crippen LogP contribution in [0, 0.1) is 11.6 Å². The summed E-state index contributed by atoms with van der Waals surface area (Å²) in [6, 6.07) is 4.46. The highest BCUT2D eigenvalue weighted by Crippen LogP contribution is 2.18. The maximum Gasteiger partial charge on any atom is 0.261 e. The van der Waals surface area contributed by atoms with Crippen molar-refractivity contribution in [1.82, 2.24) is 10.3 Å². The summed E-state index contributed by atoms with van der Waals surface area (Å²) in [5, 5.41) is 2.53. The average Bonchev–Trinajstić information content (AvgIpc) is 2.53. The molecule has 0 unspecified atom stereocenters. The van der Waals surface area contributed by atoms with E-state index < -0.39 is 23.1 Å². The lowest BCUT2D eigenvalue weighted by atomic mass is 9.93. The summed E-state index contributed by atoms with van der Waals surface area (Å²) >= 11 is 0. The van der Waals surface area contributed by atoms with Crippen molar-refractivity contribution in [3.8, 4) is 0 Å². The highest BCUT2D eigenvalue weighted by Gasteiger charge is 2.21. The molecule has 1 heterocycles. The van der Waals surface area contributed by atoms with Gasteiger partial charge in [0.05, 0.1) is 0 Å². The van der Waals surface area contributed by atoms with E-state index in [4.69, 9.17) is 0 Å². The zero-order valence-electron chi connectivity index (χ0n) is 13.3. The number of rotatable bonds is 4. The molecule has 1 aromatic carbocycles. The molecule has 5 nitrogen and oxygen atoms in total. The molecule has 130 valence electrons. The summed E-state index contributed by atoms with van der Waals surface area (Å²) in [6.07, 6.45) is 1.88. The second-order valence-corrected chi connectivity index (χ2v) is 5.96. The molecule has 0 saturated heterocycles. The van der Waals surface area contributed by atoms with E-state index >= 15 is 0 Å². The van der Waals surface area contributed by atoms with Gasteiger partial charge in [0.25, 0.3) is 11.5 Å². The predicted molar refractivity (Wildman–Crippen MR) is 86.7 cm³/mol. The van der Waals surface area contributed by atoms with Crippen LogP contribution in [0.4, 0.5) is 8.78 Å². The number of carbonyl (C=O) groups is 2. The minimum absolute atomic E-state index is 0.0956. The van der Waals surface area contributed by atoms with Gasteiger partial charge in [0.1, 0.15) is 17.2 Å². The molecule has 0 fully saturated rings. The highest BCUT2D eigenvalue weighted by molar-refractivity contribution is 6.01. The third kappa shape index (κ3) is 3.81.